The Kier molecular flexibility index (Phi) is 4.34. The minimum Gasteiger partial charge on any atom is -0.347 e. The van der Waals surface area contributed by atoms with E-state index in [-0.39, 0.29) is 33.4 Å². The van der Waals surface area contributed by atoms with Crippen molar-refractivity contribution < 1.29 is 9.72 Å². The highest BCUT2D eigenvalue weighted by Crippen LogP contribution is 2.36. The van der Waals surface area contributed by atoms with Crippen LogP contribution in [0.2, 0.25) is 5.02 Å². The Labute approximate surface area is 127 Å². The van der Waals surface area contributed by atoms with Crippen molar-refractivity contribution in [1.82, 2.24) is 5.32 Å². The number of nitro groups is 1. The molecule has 0 aromatic heterocycles. The van der Waals surface area contributed by atoms with Gasteiger partial charge in [-0.2, -0.15) is 0 Å². The molecule has 1 fully saturated rings. The summed E-state index contributed by atoms with van der Waals surface area (Å²) in [6.07, 6.45) is 3.75. The molecule has 0 unspecified atom stereocenters. The first-order valence-corrected chi connectivity index (χ1v) is 7.07. The van der Waals surface area contributed by atoms with E-state index in [4.69, 9.17) is 17.4 Å². The van der Waals surface area contributed by atoms with Crippen LogP contribution < -0.4 is 16.6 Å². The first kappa shape index (κ1) is 15.5. The highest BCUT2D eigenvalue weighted by atomic mass is 35.5. The number of hydrazine groups is 1. The zero-order valence-corrected chi connectivity index (χ0v) is 12.4. The fourth-order valence-corrected chi connectivity index (χ4v) is 2.76. The fourth-order valence-electron chi connectivity index (χ4n) is 2.49. The maximum absolute atomic E-state index is 12.3. The maximum atomic E-state index is 12.3. The van der Waals surface area contributed by atoms with Crippen molar-refractivity contribution in [3.05, 3.63) is 32.8 Å². The minimum atomic E-state index is -0.628. The molecule has 114 valence electrons. The monoisotopic (exact) mass is 312 g/mol. The molecule has 1 saturated carbocycles. The lowest BCUT2D eigenvalue weighted by molar-refractivity contribution is -0.384. The normalized spacial score (nSPS) is 16.0. The molecule has 1 amide bonds. The Morgan fingerprint density at radius 2 is 2.19 bits per heavy atom. The molecule has 2 rings (SSSR count). The van der Waals surface area contributed by atoms with Crippen LogP contribution >= 0.6 is 11.6 Å². The molecule has 0 atom stereocenters. The van der Waals surface area contributed by atoms with Gasteiger partial charge in [0.1, 0.15) is 5.69 Å². The van der Waals surface area contributed by atoms with Crippen molar-refractivity contribution in [2.45, 2.75) is 38.1 Å². The van der Waals surface area contributed by atoms with Gasteiger partial charge in [-0.15, -0.1) is 0 Å². The third-order valence-corrected chi connectivity index (χ3v) is 4.34. The average molecular weight is 313 g/mol. The third kappa shape index (κ3) is 2.93. The number of carbonyl (C=O) groups excluding carboxylic acids is 1. The van der Waals surface area contributed by atoms with Crippen LogP contribution in [0.15, 0.2) is 12.1 Å². The van der Waals surface area contributed by atoms with Crippen molar-refractivity contribution >= 4 is 28.9 Å². The number of rotatable bonds is 5. The first-order valence-electron chi connectivity index (χ1n) is 6.69. The Balaban J connectivity index is 2.31. The number of halogens is 1. The molecule has 1 aromatic carbocycles. The molecule has 8 heteroatoms. The zero-order chi connectivity index (χ0) is 15.6. The summed E-state index contributed by atoms with van der Waals surface area (Å²) in [5.74, 6) is 4.87. The van der Waals surface area contributed by atoms with Gasteiger partial charge in [-0.25, -0.2) is 0 Å². The predicted octanol–water partition coefficient (Wildman–Crippen LogP) is 2.60. The van der Waals surface area contributed by atoms with Gasteiger partial charge in [0.25, 0.3) is 11.6 Å². The second-order valence-electron chi connectivity index (χ2n) is 5.20. The number of nitrogens with two attached hydrogens (primary N) is 1. The van der Waals surface area contributed by atoms with Crippen molar-refractivity contribution in [1.29, 1.82) is 0 Å². The predicted molar refractivity (Wildman–Crippen MR) is 80.3 cm³/mol. The van der Waals surface area contributed by atoms with Crippen LogP contribution in [-0.2, 0) is 0 Å². The summed E-state index contributed by atoms with van der Waals surface area (Å²) in [5, 5.41) is 14.0. The number of nitro benzene ring substituents is 1. The maximum Gasteiger partial charge on any atom is 0.295 e. The molecule has 0 saturated heterocycles. The molecular formula is C13H17ClN4O3. The number of benzene rings is 1. The molecule has 0 heterocycles. The Morgan fingerprint density at radius 1 is 1.52 bits per heavy atom. The first-order chi connectivity index (χ1) is 9.92. The second kappa shape index (κ2) is 5.87. The van der Waals surface area contributed by atoms with Crippen molar-refractivity contribution in [2.75, 3.05) is 5.43 Å². The lowest BCUT2D eigenvalue weighted by Gasteiger charge is -2.42. The summed E-state index contributed by atoms with van der Waals surface area (Å²) in [6.45, 7) is 2.01. The zero-order valence-electron chi connectivity index (χ0n) is 11.6. The molecule has 21 heavy (non-hydrogen) atoms. The van der Waals surface area contributed by atoms with Crippen LogP contribution in [0.25, 0.3) is 0 Å². The Bertz CT molecular complexity index is 582. The standard InChI is InChI=1S/C13H17ClN4O3/c1-2-13(4-3-5-13)16-12(19)8-6-9(14)11(17-15)10(7-8)18(20)21/h6-7,17H,2-5,15H2,1H3,(H,16,19). The van der Waals surface area contributed by atoms with Crippen LogP contribution in [0.5, 0.6) is 0 Å². The number of hydrogen-bond acceptors (Lipinski definition) is 5. The average Bonchev–Trinajstić information content (AvgIpc) is 2.41. The van der Waals surface area contributed by atoms with E-state index in [0.29, 0.717) is 0 Å². The number of carbonyl (C=O) groups is 1. The summed E-state index contributed by atoms with van der Waals surface area (Å²) in [6, 6.07) is 2.56. The molecule has 0 spiro atoms. The van der Waals surface area contributed by atoms with Crippen LogP contribution in [0.4, 0.5) is 11.4 Å². The number of nitrogens with one attached hydrogen (secondary N) is 2. The van der Waals surface area contributed by atoms with Gasteiger partial charge in [-0.1, -0.05) is 18.5 Å². The van der Waals surface area contributed by atoms with Crippen molar-refractivity contribution in [3.63, 3.8) is 0 Å². The molecule has 4 N–H and O–H groups in total. The highest BCUT2D eigenvalue weighted by Gasteiger charge is 2.37. The molecule has 7 nitrogen and oxygen atoms in total. The number of hydrogen-bond donors (Lipinski definition) is 3. The Hall–Kier alpha value is -1.86. The molecule has 1 aliphatic carbocycles. The van der Waals surface area contributed by atoms with Crippen LogP contribution in [0, 0.1) is 10.1 Å². The van der Waals surface area contributed by atoms with E-state index in [1.165, 1.54) is 12.1 Å². The number of nitrogen functional groups attached to an aromatic ring is 1. The van der Waals surface area contributed by atoms with Gasteiger partial charge in [-0.3, -0.25) is 20.8 Å². The van der Waals surface area contributed by atoms with Gasteiger partial charge in [0.2, 0.25) is 0 Å². The molecule has 0 radical (unpaired) electrons. The molecular weight excluding hydrogens is 296 g/mol. The summed E-state index contributed by atoms with van der Waals surface area (Å²) < 4.78 is 0. The second-order valence-corrected chi connectivity index (χ2v) is 5.60. The van der Waals surface area contributed by atoms with Crippen molar-refractivity contribution in [2.24, 2.45) is 5.84 Å². The third-order valence-electron chi connectivity index (χ3n) is 4.04. The van der Waals surface area contributed by atoms with E-state index in [1.54, 1.807) is 0 Å². The van der Waals surface area contributed by atoms with E-state index >= 15 is 0 Å². The lowest BCUT2D eigenvalue weighted by atomic mass is 9.74. The fraction of sp³-hybridized carbons (Fsp3) is 0.462. The number of amides is 1. The number of nitrogens with zero attached hydrogens (tertiary/aromatic N) is 1. The summed E-state index contributed by atoms with van der Waals surface area (Å²) in [4.78, 5) is 22.7. The minimum absolute atomic E-state index is 0.00735. The summed E-state index contributed by atoms with van der Waals surface area (Å²) in [5.41, 5.74) is 1.82. The van der Waals surface area contributed by atoms with Gasteiger partial charge in [0.05, 0.1) is 9.95 Å². The van der Waals surface area contributed by atoms with Gasteiger partial charge in [-0.05, 0) is 31.7 Å². The molecule has 0 bridgehead atoms. The van der Waals surface area contributed by atoms with Gasteiger partial charge in [0, 0.05) is 17.2 Å². The number of anilines is 1. The molecule has 0 aliphatic heterocycles. The van der Waals surface area contributed by atoms with E-state index in [1.807, 2.05) is 6.92 Å². The largest absolute Gasteiger partial charge is 0.347 e. The van der Waals surface area contributed by atoms with Crippen molar-refractivity contribution in [3.8, 4) is 0 Å². The molecule has 1 aromatic rings. The SMILES string of the molecule is CCC1(NC(=O)c2cc(Cl)c(NN)c([N+](=O)[O-])c2)CCC1. The van der Waals surface area contributed by atoms with E-state index in [0.717, 1.165) is 25.7 Å². The van der Waals surface area contributed by atoms with E-state index in [9.17, 15) is 14.9 Å². The molecule has 1 aliphatic rings. The summed E-state index contributed by atoms with van der Waals surface area (Å²) in [7, 11) is 0. The smallest absolute Gasteiger partial charge is 0.295 e. The van der Waals surface area contributed by atoms with Gasteiger partial charge in [0.15, 0.2) is 0 Å². The van der Waals surface area contributed by atoms with Gasteiger partial charge < -0.3 is 10.7 Å². The Morgan fingerprint density at radius 3 is 2.62 bits per heavy atom. The van der Waals surface area contributed by atoms with Gasteiger partial charge >= 0.3 is 0 Å². The van der Waals surface area contributed by atoms with Crippen LogP contribution in [0.1, 0.15) is 43.0 Å². The lowest BCUT2D eigenvalue weighted by Crippen LogP contribution is -2.52. The quantitative estimate of drug-likeness (QED) is 0.439. The van der Waals surface area contributed by atoms with Crippen LogP contribution in [-0.4, -0.2) is 16.4 Å². The van der Waals surface area contributed by atoms with Crippen LogP contribution in [0.3, 0.4) is 0 Å². The highest BCUT2D eigenvalue weighted by molar-refractivity contribution is 6.34. The van der Waals surface area contributed by atoms with E-state index in [2.05, 4.69) is 10.7 Å². The topological polar surface area (TPSA) is 110 Å². The summed E-state index contributed by atoms with van der Waals surface area (Å²) >= 11 is 5.95. The van der Waals surface area contributed by atoms with E-state index < -0.39 is 4.92 Å².